The highest BCUT2D eigenvalue weighted by molar-refractivity contribution is 9.10. The van der Waals surface area contributed by atoms with Crippen LogP contribution in [0.15, 0.2) is 29.3 Å². The Morgan fingerprint density at radius 3 is 2.65 bits per heavy atom. The summed E-state index contributed by atoms with van der Waals surface area (Å²) in [5.41, 5.74) is 7.17. The molecule has 2 unspecified atom stereocenters. The molecule has 0 aliphatic rings. The third kappa shape index (κ3) is 4.84. The summed E-state index contributed by atoms with van der Waals surface area (Å²) in [5, 5.41) is 0. The lowest BCUT2D eigenvalue weighted by atomic mass is 10.0. The van der Waals surface area contributed by atoms with Gasteiger partial charge in [0.25, 0.3) is 0 Å². The summed E-state index contributed by atoms with van der Waals surface area (Å²) in [6, 6.07) is 4.22. The van der Waals surface area contributed by atoms with Gasteiger partial charge in [-0.3, -0.25) is 0 Å². The van der Waals surface area contributed by atoms with Gasteiger partial charge in [-0.15, -0.1) is 0 Å². The zero-order chi connectivity index (χ0) is 15.1. The molecule has 0 spiro atoms. The first kappa shape index (κ1) is 17.1. The van der Waals surface area contributed by atoms with E-state index < -0.39 is 0 Å². The molecule has 0 fully saturated rings. The molecule has 2 N–H and O–H groups in total. The standard InChI is InChI=1S/C16H24BrNO2/c1-5-11(4)20-16-14(17)9-12(8-13(18)6-2)10-15(16)19-7-3/h5,9-11,13H,1,6-8,18H2,2-4H3. The van der Waals surface area contributed by atoms with Crippen molar-refractivity contribution >= 4 is 15.9 Å². The van der Waals surface area contributed by atoms with E-state index in [1.807, 2.05) is 26.0 Å². The summed E-state index contributed by atoms with van der Waals surface area (Å²) >= 11 is 3.56. The highest BCUT2D eigenvalue weighted by atomic mass is 79.9. The molecular formula is C16H24BrNO2. The minimum absolute atomic E-state index is 0.0748. The van der Waals surface area contributed by atoms with Crippen molar-refractivity contribution in [2.45, 2.75) is 45.8 Å². The van der Waals surface area contributed by atoms with Gasteiger partial charge in [-0.2, -0.15) is 0 Å². The fraction of sp³-hybridized carbons (Fsp3) is 0.500. The average molecular weight is 342 g/mol. The van der Waals surface area contributed by atoms with Crippen LogP contribution in [0.3, 0.4) is 0 Å². The summed E-state index contributed by atoms with van der Waals surface area (Å²) in [6.45, 7) is 10.3. The van der Waals surface area contributed by atoms with E-state index in [0.717, 1.165) is 28.6 Å². The van der Waals surface area contributed by atoms with E-state index in [2.05, 4.69) is 29.4 Å². The number of rotatable bonds is 8. The molecule has 0 radical (unpaired) electrons. The molecule has 0 aliphatic carbocycles. The Hall–Kier alpha value is -1.00. The van der Waals surface area contributed by atoms with Crippen molar-refractivity contribution in [1.82, 2.24) is 0 Å². The first-order chi connectivity index (χ1) is 9.51. The van der Waals surface area contributed by atoms with Gasteiger partial charge in [-0.05, 0) is 60.3 Å². The molecule has 0 saturated carbocycles. The van der Waals surface area contributed by atoms with Crippen LogP contribution in [0.4, 0.5) is 0 Å². The normalized spacial score (nSPS) is 13.7. The Balaban J connectivity index is 3.07. The monoisotopic (exact) mass is 341 g/mol. The van der Waals surface area contributed by atoms with Gasteiger partial charge < -0.3 is 15.2 Å². The van der Waals surface area contributed by atoms with Crippen LogP contribution in [-0.4, -0.2) is 18.8 Å². The van der Waals surface area contributed by atoms with Crippen LogP contribution in [0.2, 0.25) is 0 Å². The zero-order valence-corrected chi connectivity index (χ0v) is 14.1. The minimum atomic E-state index is -0.0748. The van der Waals surface area contributed by atoms with E-state index in [4.69, 9.17) is 15.2 Å². The maximum absolute atomic E-state index is 6.02. The van der Waals surface area contributed by atoms with Crippen LogP contribution in [0, 0.1) is 0 Å². The van der Waals surface area contributed by atoms with E-state index >= 15 is 0 Å². The van der Waals surface area contributed by atoms with Crippen LogP contribution in [0.25, 0.3) is 0 Å². The van der Waals surface area contributed by atoms with Crippen LogP contribution in [0.1, 0.15) is 32.8 Å². The van der Waals surface area contributed by atoms with Crippen molar-refractivity contribution in [2.75, 3.05) is 6.61 Å². The Morgan fingerprint density at radius 2 is 2.10 bits per heavy atom. The average Bonchev–Trinajstić information content (AvgIpc) is 2.42. The fourth-order valence-electron chi connectivity index (χ4n) is 1.80. The largest absolute Gasteiger partial charge is 0.490 e. The van der Waals surface area contributed by atoms with Crippen LogP contribution >= 0.6 is 15.9 Å². The lowest BCUT2D eigenvalue weighted by Crippen LogP contribution is -2.21. The number of ether oxygens (including phenoxy) is 2. The molecule has 2 atom stereocenters. The molecule has 112 valence electrons. The van der Waals surface area contributed by atoms with Crippen LogP contribution in [0.5, 0.6) is 11.5 Å². The predicted octanol–water partition coefficient (Wildman–Crippen LogP) is 4.08. The molecule has 0 amide bonds. The molecule has 4 heteroatoms. The lowest BCUT2D eigenvalue weighted by molar-refractivity contribution is 0.243. The Morgan fingerprint density at radius 1 is 1.40 bits per heavy atom. The molecule has 0 aliphatic heterocycles. The van der Waals surface area contributed by atoms with Crippen molar-refractivity contribution in [3.05, 3.63) is 34.8 Å². The Kier molecular flexibility index (Phi) is 7.10. The smallest absolute Gasteiger partial charge is 0.176 e. The number of hydrogen-bond acceptors (Lipinski definition) is 3. The van der Waals surface area contributed by atoms with Gasteiger partial charge in [0.1, 0.15) is 6.10 Å². The molecule has 0 heterocycles. The van der Waals surface area contributed by atoms with E-state index in [1.54, 1.807) is 6.08 Å². The first-order valence-electron chi connectivity index (χ1n) is 7.01. The molecule has 0 aromatic heterocycles. The van der Waals surface area contributed by atoms with Gasteiger partial charge in [0.15, 0.2) is 11.5 Å². The molecule has 0 saturated heterocycles. The summed E-state index contributed by atoms with van der Waals surface area (Å²) in [7, 11) is 0. The van der Waals surface area contributed by atoms with E-state index in [1.165, 1.54) is 0 Å². The van der Waals surface area contributed by atoms with Gasteiger partial charge in [0.2, 0.25) is 0 Å². The molecule has 1 aromatic rings. The second-order valence-corrected chi connectivity index (χ2v) is 5.62. The maximum atomic E-state index is 6.02. The molecule has 1 aromatic carbocycles. The highest BCUT2D eigenvalue weighted by Gasteiger charge is 2.15. The maximum Gasteiger partial charge on any atom is 0.176 e. The highest BCUT2D eigenvalue weighted by Crippen LogP contribution is 2.38. The quantitative estimate of drug-likeness (QED) is 0.724. The third-order valence-electron chi connectivity index (χ3n) is 3.03. The van der Waals surface area contributed by atoms with Crippen molar-refractivity contribution < 1.29 is 9.47 Å². The SMILES string of the molecule is C=CC(C)Oc1c(Br)cc(CC(N)CC)cc1OCC. The zero-order valence-electron chi connectivity index (χ0n) is 12.5. The molecular weight excluding hydrogens is 318 g/mol. The summed E-state index contributed by atoms with van der Waals surface area (Å²) < 4.78 is 12.4. The van der Waals surface area contributed by atoms with Crippen molar-refractivity contribution in [1.29, 1.82) is 0 Å². The van der Waals surface area contributed by atoms with Gasteiger partial charge in [-0.25, -0.2) is 0 Å². The van der Waals surface area contributed by atoms with Crippen LogP contribution < -0.4 is 15.2 Å². The minimum Gasteiger partial charge on any atom is -0.490 e. The van der Waals surface area contributed by atoms with E-state index in [9.17, 15) is 0 Å². The second-order valence-electron chi connectivity index (χ2n) is 4.77. The lowest BCUT2D eigenvalue weighted by Gasteiger charge is -2.18. The van der Waals surface area contributed by atoms with Crippen molar-refractivity contribution in [3.8, 4) is 11.5 Å². The predicted molar refractivity (Wildman–Crippen MR) is 87.6 cm³/mol. The molecule has 20 heavy (non-hydrogen) atoms. The summed E-state index contributed by atoms with van der Waals surface area (Å²) in [4.78, 5) is 0. The van der Waals surface area contributed by atoms with E-state index in [0.29, 0.717) is 12.4 Å². The van der Waals surface area contributed by atoms with Gasteiger partial charge in [-0.1, -0.05) is 19.6 Å². The Labute approximate surface area is 130 Å². The fourth-order valence-corrected chi connectivity index (χ4v) is 2.38. The van der Waals surface area contributed by atoms with Gasteiger partial charge >= 0.3 is 0 Å². The number of benzene rings is 1. The topological polar surface area (TPSA) is 44.5 Å². The summed E-state index contributed by atoms with van der Waals surface area (Å²) in [5.74, 6) is 1.46. The first-order valence-corrected chi connectivity index (χ1v) is 7.81. The number of halogens is 1. The molecule has 1 rings (SSSR count). The van der Waals surface area contributed by atoms with Crippen molar-refractivity contribution in [3.63, 3.8) is 0 Å². The Bertz CT molecular complexity index is 448. The van der Waals surface area contributed by atoms with Crippen molar-refractivity contribution in [2.24, 2.45) is 5.73 Å². The summed E-state index contributed by atoms with van der Waals surface area (Å²) in [6.07, 6.45) is 3.46. The molecule has 0 bridgehead atoms. The van der Waals surface area contributed by atoms with E-state index in [-0.39, 0.29) is 12.1 Å². The molecule has 3 nitrogen and oxygen atoms in total. The second kappa shape index (κ2) is 8.32. The van der Waals surface area contributed by atoms with Gasteiger partial charge in [0.05, 0.1) is 11.1 Å². The third-order valence-corrected chi connectivity index (χ3v) is 3.62. The van der Waals surface area contributed by atoms with Gasteiger partial charge in [0, 0.05) is 6.04 Å². The van der Waals surface area contributed by atoms with Crippen LogP contribution in [-0.2, 0) is 6.42 Å². The number of nitrogens with two attached hydrogens (primary N) is 1. The number of hydrogen-bond donors (Lipinski definition) is 1.